The van der Waals surface area contributed by atoms with Crippen molar-refractivity contribution >= 4 is 5.97 Å². The number of hydrogen-bond acceptors (Lipinski definition) is 2. The minimum absolute atomic E-state index is 0.399. The third-order valence-corrected chi connectivity index (χ3v) is 3.59. The number of carbonyl (C=O) groups excluding carboxylic acids is 1. The summed E-state index contributed by atoms with van der Waals surface area (Å²) in [7, 11) is 0. The molecule has 0 aliphatic rings. The molecule has 0 radical (unpaired) electrons. The highest BCUT2D eigenvalue weighted by molar-refractivity contribution is 5.91. The monoisotopic (exact) mass is 352 g/mol. The van der Waals surface area contributed by atoms with Crippen molar-refractivity contribution in [2.75, 3.05) is 0 Å². The summed E-state index contributed by atoms with van der Waals surface area (Å²) in [6, 6.07) is 15.1. The highest BCUT2D eigenvalue weighted by atomic mass is 19.4. The average Bonchev–Trinajstić information content (AvgIpc) is 2.62. The molecule has 2 aromatic rings. The van der Waals surface area contributed by atoms with Crippen molar-refractivity contribution in [1.29, 1.82) is 0 Å². The summed E-state index contributed by atoms with van der Waals surface area (Å²) < 4.78 is 42.7. The van der Waals surface area contributed by atoms with Gasteiger partial charge in [-0.1, -0.05) is 56.3 Å². The van der Waals surface area contributed by atoms with Gasteiger partial charge in [0.25, 0.3) is 0 Å². The molecule has 1 unspecified atom stereocenters. The van der Waals surface area contributed by atoms with Crippen LogP contribution in [0.4, 0.5) is 13.2 Å². The molecule has 2 rings (SSSR count). The van der Waals surface area contributed by atoms with Gasteiger partial charge in [-0.15, -0.1) is 0 Å². The van der Waals surface area contributed by atoms with Gasteiger partial charge in [-0.3, -0.25) is 0 Å². The van der Waals surface area contributed by atoms with Crippen LogP contribution in [-0.2, 0) is 17.3 Å². The molecule has 0 saturated carbocycles. The Morgan fingerprint density at radius 2 is 1.56 bits per heavy atom. The van der Waals surface area contributed by atoms with Crippen molar-refractivity contribution in [2.45, 2.75) is 45.9 Å². The van der Waals surface area contributed by atoms with E-state index in [1.165, 1.54) is 17.7 Å². The lowest BCUT2D eigenvalue weighted by Gasteiger charge is -2.14. The molecule has 0 bridgehead atoms. The molecule has 25 heavy (non-hydrogen) atoms. The van der Waals surface area contributed by atoms with Crippen molar-refractivity contribution in [3.63, 3.8) is 0 Å². The minimum Gasteiger partial charge on any atom is -0.459 e. The lowest BCUT2D eigenvalue weighted by atomic mass is 10.1. The van der Waals surface area contributed by atoms with Crippen LogP contribution in [0.2, 0.25) is 0 Å². The van der Waals surface area contributed by atoms with E-state index in [4.69, 9.17) is 4.74 Å². The molecule has 0 spiro atoms. The largest absolute Gasteiger partial charge is 0.459 e. The molecule has 2 aromatic carbocycles. The van der Waals surface area contributed by atoms with Crippen molar-refractivity contribution in [3.8, 4) is 0 Å². The second kappa shape index (κ2) is 9.87. The van der Waals surface area contributed by atoms with Gasteiger partial charge in [-0.2, -0.15) is 13.2 Å². The maximum Gasteiger partial charge on any atom is 0.417 e. The van der Waals surface area contributed by atoms with E-state index in [0.29, 0.717) is 6.42 Å². The molecule has 0 aromatic heterocycles. The number of hydrogen-bond donors (Lipinski definition) is 0. The van der Waals surface area contributed by atoms with Gasteiger partial charge in [-0.05, 0) is 37.5 Å². The summed E-state index contributed by atoms with van der Waals surface area (Å²) in [5.74, 6) is -0.938. The lowest BCUT2D eigenvalue weighted by Crippen LogP contribution is -2.18. The number of alkyl halides is 3. The number of esters is 1. The first-order valence-corrected chi connectivity index (χ1v) is 8.20. The van der Waals surface area contributed by atoms with Crippen molar-refractivity contribution < 1.29 is 22.7 Å². The Balaban J connectivity index is 0.000000324. The molecule has 0 heterocycles. The van der Waals surface area contributed by atoms with E-state index in [1.54, 1.807) is 13.8 Å². The normalized spacial score (nSPS) is 11.9. The third-order valence-electron chi connectivity index (χ3n) is 3.59. The van der Waals surface area contributed by atoms with Gasteiger partial charge in [0.15, 0.2) is 0 Å². The maximum absolute atomic E-state index is 12.6. The topological polar surface area (TPSA) is 26.3 Å². The Hall–Kier alpha value is -2.30. The van der Waals surface area contributed by atoms with Crippen LogP contribution in [0.3, 0.4) is 0 Å². The van der Waals surface area contributed by atoms with E-state index >= 15 is 0 Å². The molecule has 5 heteroatoms. The predicted octanol–water partition coefficient (Wildman–Crippen LogP) is 5.91. The first-order valence-electron chi connectivity index (χ1n) is 8.20. The van der Waals surface area contributed by atoms with E-state index in [-0.39, 0.29) is 0 Å². The summed E-state index contributed by atoms with van der Waals surface area (Å²) >= 11 is 0. The highest BCUT2D eigenvalue weighted by Gasteiger charge is 2.35. The van der Waals surface area contributed by atoms with Crippen LogP contribution >= 0.6 is 0 Å². The van der Waals surface area contributed by atoms with Crippen LogP contribution in [0.15, 0.2) is 54.6 Å². The number of benzene rings is 2. The standard InChI is InChI=1S/C12H13F3O2.C8H10/c1-3-8(2)17-11(16)9-6-4-5-7-10(9)12(13,14)15;1-2-8-6-4-3-5-7-8/h4-8H,3H2,1-2H3;3-7H,2H2,1H3. The smallest absolute Gasteiger partial charge is 0.417 e. The van der Waals surface area contributed by atoms with E-state index in [0.717, 1.165) is 18.6 Å². The van der Waals surface area contributed by atoms with E-state index in [9.17, 15) is 18.0 Å². The zero-order chi connectivity index (χ0) is 18.9. The zero-order valence-corrected chi connectivity index (χ0v) is 14.6. The lowest BCUT2D eigenvalue weighted by molar-refractivity contribution is -0.138. The molecule has 0 saturated heterocycles. The summed E-state index contributed by atoms with van der Waals surface area (Å²) in [5.41, 5.74) is 0.00102. The Labute approximate surface area is 146 Å². The van der Waals surface area contributed by atoms with Gasteiger partial charge < -0.3 is 4.74 Å². The second-order valence-corrected chi connectivity index (χ2v) is 5.51. The number of ether oxygens (including phenoxy) is 1. The maximum atomic E-state index is 12.6. The number of carbonyl (C=O) groups is 1. The molecule has 136 valence electrons. The van der Waals surface area contributed by atoms with Gasteiger partial charge >= 0.3 is 12.1 Å². The van der Waals surface area contributed by atoms with Gasteiger partial charge in [0.1, 0.15) is 0 Å². The molecule has 0 N–H and O–H groups in total. The number of rotatable bonds is 4. The third kappa shape index (κ3) is 6.99. The van der Waals surface area contributed by atoms with E-state index < -0.39 is 29.4 Å². The fourth-order valence-electron chi connectivity index (χ4n) is 1.95. The van der Waals surface area contributed by atoms with Crippen molar-refractivity contribution in [3.05, 3.63) is 71.3 Å². The predicted molar refractivity (Wildman–Crippen MR) is 92.4 cm³/mol. The molecule has 0 fully saturated rings. The molecule has 0 amide bonds. The van der Waals surface area contributed by atoms with Crippen molar-refractivity contribution in [1.82, 2.24) is 0 Å². The summed E-state index contributed by atoms with van der Waals surface area (Å²) in [5, 5.41) is 0. The van der Waals surface area contributed by atoms with E-state index in [2.05, 4.69) is 31.2 Å². The summed E-state index contributed by atoms with van der Waals surface area (Å²) in [6.45, 7) is 5.58. The first-order chi connectivity index (χ1) is 11.8. The fraction of sp³-hybridized carbons (Fsp3) is 0.350. The molecular weight excluding hydrogens is 329 g/mol. The summed E-state index contributed by atoms with van der Waals surface area (Å²) in [4.78, 5) is 11.6. The van der Waals surface area contributed by atoms with Crippen molar-refractivity contribution in [2.24, 2.45) is 0 Å². The number of halogens is 3. The van der Waals surface area contributed by atoms with Crippen LogP contribution in [0.25, 0.3) is 0 Å². The molecule has 1 atom stereocenters. The Bertz CT molecular complexity index is 651. The first kappa shape index (κ1) is 20.7. The van der Waals surface area contributed by atoms with Gasteiger partial charge in [-0.25, -0.2) is 4.79 Å². The summed E-state index contributed by atoms with van der Waals surface area (Å²) in [6.07, 6.45) is -3.25. The van der Waals surface area contributed by atoms with Gasteiger partial charge in [0, 0.05) is 0 Å². The fourth-order valence-corrected chi connectivity index (χ4v) is 1.95. The molecule has 0 aliphatic carbocycles. The Morgan fingerprint density at radius 3 is 2.04 bits per heavy atom. The molecule has 2 nitrogen and oxygen atoms in total. The second-order valence-electron chi connectivity index (χ2n) is 5.51. The Kier molecular flexibility index (Phi) is 8.19. The van der Waals surface area contributed by atoms with Crippen LogP contribution < -0.4 is 0 Å². The Morgan fingerprint density at radius 1 is 1.00 bits per heavy atom. The van der Waals surface area contributed by atoms with Crippen LogP contribution in [0, 0.1) is 0 Å². The molecule has 0 aliphatic heterocycles. The van der Waals surface area contributed by atoms with Gasteiger partial charge in [0.2, 0.25) is 0 Å². The highest BCUT2D eigenvalue weighted by Crippen LogP contribution is 2.32. The molecular formula is C20H23F3O2. The average molecular weight is 352 g/mol. The zero-order valence-electron chi connectivity index (χ0n) is 14.6. The minimum atomic E-state index is -4.55. The van der Waals surface area contributed by atoms with Crippen LogP contribution in [0.5, 0.6) is 0 Å². The van der Waals surface area contributed by atoms with E-state index in [1.807, 2.05) is 6.07 Å². The quantitative estimate of drug-likeness (QED) is 0.640. The van der Waals surface area contributed by atoms with Crippen LogP contribution in [0.1, 0.15) is 48.7 Å². The van der Waals surface area contributed by atoms with Gasteiger partial charge in [0.05, 0.1) is 17.2 Å². The van der Waals surface area contributed by atoms with Crippen LogP contribution in [-0.4, -0.2) is 12.1 Å². The SMILES string of the molecule is CCC(C)OC(=O)c1ccccc1C(F)(F)F.CCc1ccccc1. The number of aryl methyl sites for hydroxylation is 1.